The number of hydrogen-bond donors (Lipinski definition) is 0. The maximum Gasteiger partial charge on any atom is 0.317 e. The fourth-order valence-electron chi connectivity index (χ4n) is 1.70. The fourth-order valence-corrected chi connectivity index (χ4v) is 1.70. The lowest BCUT2D eigenvalue weighted by Crippen LogP contribution is -2.38. The Morgan fingerprint density at radius 2 is 1.90 bits per heavy atom. The molecule has 0 saturated heterocycles. The van der Waals surface area contributed by atoms with E-state index >= 15 is 0 Å². The Hall–Kier alpha value is -1.88. The Morgan fingerprint density at radius 3 is 2.45 bits per heavy atom. The SMILES string of the molecule is COCC(C)(COC=O)C(=O)OCc1ccc(C)cc1. The van der Waals surface area contributed by atoms with Gasteiger partial charge in [-0.1, -0.05) is 29.8 Å². The van der Waals surface area contributed by atoms with Crippen molar-refractivity contribution >= 4 is 12.4 Å². The first kappa shape index (κ1) is 16.2. The molecule has 0 N–H and O–H groups in total. The molecule has 1 aromatic rings. The van der Waals surface area contributed by atoms with Gasteiger partial charge < -0.3 is 14.2 Å². The molecule has 0 bridgehead atoms. The third-order valence-electron chi connectivity index (χ3n) is 2.92. The average molecular weight is 280 g/mol. The van der Waals surface area contributed by atoms with Gasteiger partial charge in [-0.15, -0.1) is 0 Å². The van der Waals surface area contributed by atoms with Gasteiger partial charge in [-0.2, -0.15) is 0 Å². The lowest BCUT2D eigenvalue weighted by molar-refractivity contribution is -0.164. The van der Waals surface area contributed by atoms with Crippen LogP contribution < -0.4 is 0 Å². The van der Waals surface area contributed by atoms with Crippen LogP contribution in [0.25, 0.3) is 0 Å². The molecule has 0 spiro atoms. The van der Waals surface area contributed by atoms with Gasteiger partial charge in [-0.3, -0.25) is 9.59 Å². The maximum atomic E-state index is 12.1. The summed E-state index contributed by atoms with van der Waals surface area (Å²) in [5, 5.41) is 0. The Labute approximate surface area is 118 Å². The molecule has 0 saturated carbocycles. The van der Waals surface area contributed by atoms with Crippen molar-refractivity contribution in [3.63, 3.8) is 0 Å². The first-order valence-corrected chi connectivity index (χ1v) is 6.29. The zero-order chi connectivity index (χ0) is 15.0. The van der Waals surface area contributed by atoms with Gasteiger partial charge in [0.2, 0.25) is 0 Å². The molecule has 20 heavy (non-hydrogen) atoms. The van der Waals surface area contributed by atoms with Crippen LogP contribution in [0.2, 0.25) is 0 Å². The van der Waals surface area contributed by atoms with E-state index in [1.54, 1.807) is 6.92 Å². The number of benzene rings is 1. The molecule has 1 unspecified atom stereocenters. The molecule has 5 heteroatoms. The Balaban J connectivity index is 2.61. The Morgan fingerprint density at radius 1 is 1.25 bits per heavy atom. The highest BCUT2D eigenvalue weighted by Crippen LogP contribution is 2.20. The molecular formula is C15H20O5. The molecule has 110 valence electrons. The molecule has 1 atom stereocenters. The predicted molar refractivity (Wildman–Crippen MR) is 73.0 cm³/mol. The van der Waals surface area contributed by atoms with Crippen LogP contribution in [0.3, 0.4) is 0 Å². The highest BCUT2D eigenvalue weighted by Gasteiger charge is 2.36. The van der Waals surface area contributed by atoms with Crippen molar-refractivity contribution in [2.24, 2.45) is 5.41 Å². The van der Waals surface area contributed by atoms with Crippen LogP contribution in [0, 0.1) is 12.3 Å². The number of ether oxygens (including phenoxy) is 3. The number of rotatable bonds is 8. The summed E-state index contributed by atoms with van der Waals surface area (Å²) < 4.78 is 14.9. The standard InChI is InChI=1S/C15H20O5/c1-12-4-6-13(7-5-12)8-20-14(17)15(2,9-18-3)10-19-11-16/h4-7,11H,8-10H2,1-3H3. The van der Waals surface area contributed by atoms with Crippen molar-refractivity contribution in [3.05, 3.63) is 35.4 Å². The number of carbonyl (C=O) groups is 2. The number of hydrogen-bond acceptors (Lipinski definition) is 5. The van der Waals surface area contributed by atoms with E-state index in [9.17, 15) is 9.59 Å². The van der Waals surface area contributed by atoms with Crippen molar-refractivity contribution < 1.29 is 23.8 Å². The molecule has 1 aromatic carbocycles. The van der Waals surface area contributed by atoms with Gasteiger partial charge in [0.05, 0.1) is 6.61 Å². The lowest BCUT2D eigenvalue weighted by atomic mass is 9.93. The van der Waals surface area contributed by atoms with Crippen molar-refractivity contribution in [2.75, 3.05) is 20.3 Å². The first-order chi connectivity index (χ1) is 9.51. The van der Waals surface area contributed by atoms with E-state index in [0.29, 0.717) is 6.47 Å². The van der Waals surface area contributed by atoms with Gasteiger partial charge in [-0.05, 0) is 19.4 Å². The molecule has 0 fully saturated rings. The zero-order valence-electron chi connectivity index (χ0n) is 12.0. The monoisotopic (exact) mass is 280 g/mol. The molecule has 5 nitrogen and oxygen atoms in total. The van der Waals surface area contributed by atoms with Gasteiger partial charge in [0.25, 0.3) is 6.47 Å². The van der Waals surface area contributed by atoms with Crippen molar-refractivity contribution in [2.45, 2.75) is 20.5 Å². The van der Waals surface area contributed by atoms with Gasteiger partial charge in [-0.25, -0.2) is 0 Å². The lowest BCUT2D eigenvalue weighted by Gasteiger charge is -2.25. The third-order valence-corrected chi connectivity index (χ3v) is 2.92. The minimum Gasteiger partial charge on any atom is -0.467 e. The largest absolute Gasteiger partial charge is 0.467 e. The molecule has 0 radical (unpaired) electrons. The van der Waals surface area contributed by atoms with Crippen molar-refractivity contribution in [1.29, 1.82) is 0 Å². The minimum atomic E-state index is -1.000. The van der Waals surface area contributed by atoms with E-state index in [-0.39, 0.29) is 19.8 Å². The zero-order valence-corrected chi connectivity index (χ0v) is 12.0. The summed E-state index contributed by atoms with van der Waals surface area (Å²) >= 11 is 0. The average Bonchev–Trinajstić information content (AvgIpc) is 2.44. The molecular weight excluding hydrogens is 260 g/mol. The Kier molecular flexibility index (Phi) is 6.18. The van der Waals surface area contributed by atoms with Gasteiger partial charge in [0, 0.05) is 7.11 Å². The highest BCUT2D eigenvalue weighted by atomic mass is 16.5. The number of esters is 1. The van der Waals surface area contributed by atoms with Gasteiger partial charge >= 0.3 is 5.97 Å². The first-order valence-electron chi connectivity index (χ1n) is 6.29. The van der Waals surface area contributed by atoms with Crippen LogP contribution in [0.4, 0.5) is 0 Å². The van der Waals surface area contributed by atoms with Gasteiger partial charge in [0.15, 0.2) is 0 Å². The molecule has 0 aromatic heterocycles. The van der Waals surface area contributed by atoms with E-state index in [1.165, 1.54) is 7.11 Å². The second-order valence-electron chi connectivity index (χ2n) is 4.96. The van der Waals surface area contributed by atoms with E-state index in [2.05, 4.69) is 4.74 Å². The topological polar surface area (TPSA) is 61.8 Å². The van der Waals surface area contributed by atoms with Crippen LogP contribution in [-0.4, -0.2) is 32.8 Å². The van der Waals surface area contributed by atoms with E-state index in [1.807, 2.05) is 31.2 Å². The third kappa shape index (κ3) is 4.66. The normalized spacial score (nSPS) is 13.3. The number of carbonyl (C=O) groups excluding carboxylic acids is 2. The maximum absolute atomic E-state index is 12.1. The van der Waals surface area contributed by atoms with Crippen molar-refractivity contribution in [1.82, 2.24) is 0 Å². The quantitative estimate of drug-likeness (QED) is 0.537. The predicted octanol–water partition coefficient (Wildman–Crippen LogP) is 1.86. The van der Waals surface area contributed by atoms with Gasteiger partial charge in [0.1, 0.15) is 18.6 Å². The summed E-state index contributed by atoms with van der Waals surface area (Å²) in [6.45, 7) is 4.16. The summed E-state index contributed by atoms with van der Waals surface area (Å²) in [4.78, 5) is 22.4. The smallest absolute Gasteiger partial charge is 0.317 e. The van der Waals surface area contributed by atoms with Crippen LogP contribution in [0.1, 0.15) is 18.1 Å². The van der Waals surface area contributed by atoms with E-state index in [0.717, 1.165) is 11.1 Å². The summed E-state index contributed by atoms with van der Waals surface area (Å²) in [5.74, 6) is -0.457. The van der Waals surface area contributed by atoms with Crippen LogP contribution in [-0.2, 0) is 30.4 Å². The summed E-state index contributed by atoms with van der Waals surface area (Å²) in [5.41, 5.74) is 1.05. The molecule has 0 aliphatic rings. The van der Waals surface area contributed by atoms with E-state index in [4.69, 9.17) is 9.47 Å². The van der Waals surface area contributed by atoms with Crippen LogP contribution in [0.15, 0.2) is 24.3 Å². The Bertz CT molecular complexity index is 440. The summed E-state index contributed by atoms with van der Waals surface area (Å²) in [6.07, 6.45) is 0. The second kappa shape index (κ2) is 7.65. The molecule has 0 heterocycles. The minimum absolute atomic E-state index is 0.0724. The van der Waals surface area contributed by atoms with Crippen LogP contribution in [0.5, 0.6) is 0 Å². The number of methoxy groups -OCH3 is 1. The molecule has 0 aliphatic carbocycles. The second-order valence-corrected chi connectivity index (χ2v) is 4.96. The summed E-state index contributed by atoms with van der Waals surface area (Å²) in [7, 11) is 1.48. The highest BCUT2D eigenvalue weighted by molar-refractivity contribution is 5.77. The fraction of sp³-hybridized carbons (Fsp3) is 0.467. The summed E-state index contributed by atoms with van der Waals surface area (Å²) in [6, 6.07) is 7.70. The number of aryl methyl sites for hydroxylation is 1. The van der Waals surface area contributed by atoms with Crippen molar-refractivity contribution in [3.8, 4) is 0 Å². The molecule has 1 rings (SSSR count). The molecule has 0 aliphatic heterocycles. The van der Waals surface area contributed by atoms with Crippen LogP contribution >= 0.6 is 0 Å². The van der Waals surface area contributed by atoms with E-state index < -0.39 is 11.4 Å². The molecule has 0 amide bonds.